The van der Waals surface area contributed by atoms with Crippen molar-refractivity contribution in [1.29, 1.82) is 0 Å². The first-order valence-electron chi connectivity index (χ1n) is 6.88. The second-order valence-electron chi connectivity index (χ2n) is 5.25. The molecular formula is C14H22N4OS. The lowest BCUT2D eigenvalue weighted by Crippen LogP contribution is -2.28. The Morgan fingerprint density at radius 3 is 2.95 bits per heavy atom. The fourth-order valence-corrected chi connectivity index (χ4v) is 3.01. The van der Waals surface area contributed by atoms with Crippen molar-refractivity contribution in [3.63, 3.8) is 0 Å². The Labute approximate surface area is 123 Å². The second-order valence-corrected chi connectivity index (χ2v) is 6.13. The SMILES string of the molecule is Cc1csc2c(=O)n(CCNCCCN(C)C)cnc12. The van der Waals surface area contributed by atoms with Gasteiger partial charge in [-0.25, -0.2) is 4.98 Å². The average Bonchev–Trinajstić information content (AvgIpc) is 2.78. The molecule has 2 aromatic rings. The molecule has 0 saturated carbocycles. The number of hydrogen-bond donors (Lipinski definition) is 1. The number of thiophene rings is 1. The minimum Gasteiger partial charge on any atom is -0.315 e. The number of rotatable bonds is 7. The first-order chi connectivity index (χ1) is 9.59. The third kappa shape index (κ3) is 3.65. The van der Waals surface area contributed by atoms with Gasteiger partial charge in [-0.05, 0) is 51.5 Å². The Kier molecular flexibility index (Phi) is 5.28. The molecule has 2 rings (SSSR count). The smallest absolute Gasteiger partial charge is 0.271 e. The van der Waals surface area contributed by atoms with E-state index in [1.54, 1.807) is 10.9 Å². The first kappa shape index (κ1) is 15.2. The summed E-state index contributed by atoms with van der Waals surface area (Å²) in [5, 5.41) is 5.35. The van der Waals surface area contributed by atoms with Gasteiger partial charge in [0.25, 0.3) is 5.56 Å². The van der Waals surface area contributed by atoms with Crippen molar-refractivity contribution in [1.82, 2.24) is 19.8 Å². The van der Waals surface area contributed by atoms with Crippen LogP contribution in [-0.2, 0) is 6.54 Å². The highest BCUT2D eigenvalue weighted by atomic mass is 32.1. The molecule has 0 spiro atoms. The van der Waals surface area contributed by atoms with Crippen molar-refractivity contribution in [3.8, 4) is 0 Å². The largest absolute Gasteiger partial charge is 0.315 e. The van der Waals surface area contributed by atoms with E-state index < -0.39 is 0 Å². The predicted molar refractivity (Wildman–Crippen MR) is 84.7 cm³/mol. The van der Waals surface area contributed by atoms with Crippen LogP contribution >= 0.6 is 11.3 Å². The van der Waals surface area contributed by atoms with Gasteiger partial charge in [-0.1, -0.05) is 0 Å². The van der Waals surface area contributed by atoms with E-state index in [4.69, 9.17) is 0 Å². The molecule has 0 bridgehead atoms. The van der Waals surface area contributed by atoms with E-state index in [1.165, 1.54) is 11.3 Å². The molecule has 2 aromatic heterocycles. The summed E-state index contributed by atoms with van der Waals surface area (Å²) in [4.78, 5) is 18.8. The molecule has 0 unspecified atom stereocenters. The van der Waals surface area contributed by atoms with Crippen LogP contribution in [0, 0.1) is 6.92 Å². The minimum atomic E-state index is 0.0724. The van der Waals surface area contributed by atoms with Gasteiger partial charge in [-0.15, -0.1) is 11.3 Å². The summed E-state index contributed by atoms with van der Waals surface area (Å²) in [6, 6.07) is 0. The third-order valence-electron chi connectivity index (χ3n) is 3.21. The van der Waals surface area contributed by atoms with Gasteiger partial charge >= 0.3 is 0 Å². The zero-order valence-corrected chi connectivity index (χ0v) is 13.2. The molecule has 5 nitrogen and oxygen atoms in total. The highest BCUT2D eigenvalue weighted by molar-refractivity contribution is 7.17. The van der Waals surface area contributed by atoms with Gasteiger partial charge in [0.15, 0.2) is 0 Å². The zero-order valence-electron chi connectivity index (χ0n) is 12.3. The molecule has 0 fully saturated rings. The molecule has 0 saturated heterocycles. The zero-order chi connectivity index (χ0) is 14.5. The number of fused-ring (bicyclic) bond motifs is 1. The summed E-state index contributed by atoms with van der Waals surface area (Å²) >= 11 is 1.48. The molecule has 110 valence electrons. The summed E-state index contributed by atoms with van der Waals surface area (Å²) in [6.45, 7) is 5.50. The van der Waals surface area contributed by atoms with Crippen LogP contribution in [0.25, 0.3) is 10.2 Å². The Hall–Kier alpha value is -1.24. The lowest BCUT2D eigenvalue weighted by Gasteiger charge is -2.10. The van der Waals surface area contributed by atoms with Gasteiger partial charge in [0.05, 0.1) is 11.8 Å². The van der Waals surface area contributed by atoms with Crippen molar-refractivity contribution in [2.75, 3.05) is 33.7 Å². The lowest BCUT2D eigenvalue weighted by atomic mass is 10.3. The number of aromatic nitrogens is 2. The Morgan fingerprint density at radius 1 is 1.40 bits per heavy atom. The van der Waals surface area contributed by atoms with Crippen LogP contribution in [0.4, 0.5) is 0 Å². The maximum atomic E-state index is 12.2. The van der Waals surface area contributed by atoms with Gasteiger partial charge in [0.2, 0.25) is 0 Å². The summed E-state index contributed by atoms with van der Waals surface area (Å²) in [5.74, 6) is 0. The summed E-state index contributed by atoms with van der Waals surface area (Å²) in [5.41, 5.74) is 1.99. The van der Waals surface area contributed by atoms with Crippen LogP contribution in [0.1, 0.15) is 12.0 Å². The van der Waals surface area contributed by atoms with Gasteiger partial charge in [0.1, 0.15) is 4.70 Å². The summed E-state index contributed by atoms with van der Waals surface area (Å²) < 4.78 is 2.45. The van der Waals surface area contributed by atoms with Crippen LogP contribution < -0.4 is 10.9 Å². The molecule has 20 heavy (non-hydrogen) atoms. The van der Waals surface area contributed by atoms with E-state index in [2.05, 4.69) is 29.3 Å². The maximum absolute atomic E-state index is 12.2. The van der Waals surface area contributed by atoms with Crippen LogP contribution in [0.3, 0.4) is 0 Å². The van der Waals surface area contributed by atoms with Crippen LogP contribution in [0.15, 0.2) is 16.5 Å². The van der Waals surface area contributed by atoms with Crippen molar-refractivity contribution in [3.05, 3.63) is 27.6 Å². The maximum Gasteiger partial charge on any atom is 0.271 e. The quantitative estimate of drug-likeness (QED) is 0.782. The molecule has 0 radical (unpaired) electrons. The number of nitrogens with zero attached hydrogens (tertiary/aromatic N) is 3. The van der Waals surface area contributed by atoms with Crippen LogP contribution in [-0.4, -0.2) is 48.2 Å². The van der Waals surface area contributed by atoms with E-state index in [0.29, 0.717) is 6.54 Å². The molecule has 0 aliphatic carbocycles. The highest BCUT2D eigenvalue weighted by Gasteiger charge is 2.07. The van der Waals surface area contributed by atoms with Crippen LogP contribution in [0.2, 0.25) is 0 Å². The van der Waals surface area contributed by atoms with Crippen molar-refractivity contribution in [2.45, 2.75) is 19.9 Å². The van der Waals surface area contributed by atoms with Crippen molar-refractivity contribution < 1.29 is 0 Å². The third-order valence-corrected chi connectivity index (χ3v) is 4.29. The molecule has 0 atom stereocenters. The lowest BCUT2D eigenvalue weighted by molar-refractivity contribution is 0.393. The molecule has 0 aliphatic rings. The van der Waals surface area contributed by atoms with E-state index >= 15 is 0 Å². The number of hydrogen-bond acceptors (Lipinski definition) is 5. The van der Waals surface area contributed by atoms with Gasteiger partial charge in [-0.2, -0.15) is 0 Å². The topological polar surface area (TPSA) is 50.2 Å². The van der Waals surface area contributed by atoms with Crippen molar-refractivity contribution in [2.24, 2.45) is 0 Å². The average molecular weight is 294 g/mol. The van der Waals surface area contributed by atoms with Gasteiger partial charge in [0, 0.05) is 13.1 Å². The number of aryl methyl sites for hydroxylation is 1. The second kappa shape index (κ2) is 6.97. The molecule has 6 heteroatoms. The van der Waals surface area contributed by atoms with Crippen molar-refractivity contribution >= 4 is 21.6 Å². The Morgan fingerprint density at radius 2 is 2.20 bits per heavy atom. The monoisotopic (exact) mass is 294 g/mol. The van der Waals surface area contributed by atoms with Gasteiger partial charge < -0.3 is 10.2 Å². The number of nitrogens with one attached hydrogen (secondary N) is 1. The summed E-state index contributed by atoms with van der Waals surface area (Å²) in [6.07, 6.45) is 2.77. The molecule has 0 aromatic carbocycles. The molecule has 1 N–H and O–H groups in total. The normalized spacial score (nSPS) is 11.6. The fourth-order valence-electron chi connectivity index (χ4n) is 2.06. The van der Waals surface area contributed by atoms with E-state index in [-0.39, 0.29) is 5.56 Å². The molecule has 0 amide bonds. The highest BCUT2D eigenvalue weighted by Crippen LogP contribution is 2.19. The minimum absolute atomic E-state index is 0.0724. The first-order valence-corrected chi connectivity index (χ1v) is 7.76. The standard InChI is InChI=1S/C14H22N4OS/c1-11-9-20-13-12(11)16-10-18(14(13)19)8-6-15-5-4-7-17(2)3/h9-10,15H,4-8H2,1-3H3. The van der Waals surface area contributed by atoms with Gasteiger partial charge in [-0.3, -0.25) is 9.36 Å². The van der Waals surface area contributed by atoms with E-state index in [9.17, 15) is 4.79 Å². The Balaban J connectivity index is 1.87. The molecular weight excluding hydrogens is 272 g/mol. The van der Waals surface area contributed by atoms with Crippen LogP contribution in [0.5, 0.6) is 0 Å². The van der Waals surface area contributed by atoms with E-state index in [1.807, 2.05) is 12.3 Å². The Bertz CT molecular complexity index is 617. The van der Waals surface area contributed by atoms with E-state index in [0.717, 1.165) is 41.8 Å². The predicted octanol–water partition coefficient (Wildman–Crippen LogP) is 1.31. The molecule has 2 heterocycles. The molecule has 0 aliphatic heterocycles. The fraction of sp³-hybridized carbons (Fsp3) is 0.571. The summed E-state index contributed by atoms with van der Waals surface area (Å²) in [7, 11) is 4.15.